The summed E-state index contributed by atoms with van der Waals surface area (Å²) >= 11 is 0. The van der Waals surface area contributed by atoms with Gasteiger partial charge >= 0.3 is 0 Å². The standard InChI is InChI=1S/C16H34N2O/c1-5-7-9-11-15(12-10-8-6-2)17-13-16(19)18-14(3)4/h14-15,17H,5-13H2,1-4H3,(H,18,19). The highest BCUT2D eigenvalue weighted by Crippen LogP contribution is 2.10. The van der Waals surface area contributed by atoms with Crippen molar-refractivity contribution in [1.29, 1.82) is 0 Å². The first-order valence-electron chi connectivity index (χ1n) is 8.12. The average molecular weight is 270 g/mol. The number of carbonyl (C=O) groups is 1. The van der Waals surface area contributed by atoms with E-state index in [1.807, 2.05) is 13.8 Å². The molecule has 0 radical (unpaired) electrons. The molecule has 0 aliphatic carbocycles. The fourth-order valence-electron chi connectivity index (χ4n) is 2.24. The molecule has 2 N–H and O–H groups in total. The largest absolute Gasteiger partial charge is 0.353 e. The quantitative estimate of drug-likeness (QED) is 0.532. The molecule has 0 aromatic carbocycles. The molecule has 0 saturated carbocycles. The first kappa shape index (κ1) is 18.4. The van der Waals surface area contributed by atoms with Crippen molar-refractivity contribution >= 4 is 5.91 Å². The number of nitrogens with one attached hydrogen (secondary N) is 2. The van der Waals surface area contributed by atoms with Gasteiger partial charge in [0.15, 0.2) is 0 Å². The third kappa shape index (κ3) is 12.2. The van der Waals surface area contributed by atoms with Crippen LogP contribution in [0.1, 0.15) is 79.1 Å². The molecule has 0 atom stereocenters. The molecule has 0 aliphatic heterocycles. The SMILES string of the molecule is CCCCCC(CCCCC)NCC(=O)NC(C)C. The Hall–Kier alpha value is -0.570. The first-order chi connectivity index (χ1) is 9.10. The zero-order valence-corrected chi connectivity index (χ0v) is 13.4. The van der Waals surface area contributed by atoms with Crippen molar-refractivity contribution in [1.82, 2.24) is 10.6 Å². The van der Waals surface area contributed by atoms with Gasteiger partial charge in [0, 0.05) is 12.1 Å². The molecular weight excluding hydrogens is 236 g/mol. The number of rotatable bonds is 12. The highest BCUT2D eigenvalue weighted by atomic mass is 16.1. The summed E-state index contributed by atoms with van der Waals surface area (Å²) in [6.07, 6.45) is 10.1. The maximum Gasteiger partial charge on any atom is 0.234 e. The van der Waals surface area contributed by atoms with Gasteiger partial charge in [0.25, 0.3) is 0 Å². The number of amides is 1. The molecule has 1 amide bonds. The zero-order chi connectivity index (χ0) is 14.5. The van der Waals surface area contributed by atoms with Crippen LogP contribution in [0.4, 0.5) is 0 Å². The van der Waals surface area contributed by atoms with Crippen LogP contribution in [-0.2, 0) is 4.79 Å². The summed E-state index contributed by atoms with van der Waals surface area (Å²) in [7, 11) is 0. The molecule has 0 spiro atoms. The van der Waals surface area contributed by atoms with E-state index < -0.39 is 0 Å². The Labute approximate surface area is 119 Å². The average Bonchev–Trinajstić information content (AvgIpc) is 2.35. The van der Waals surface area contributed by atoms with Crippen molar-refractivity contribution in [3.8, 4) is 0 Å². The van der Waals surface area contributed by atoms with E-state index in [1.54, 1.807) is 0 Å². The van der Waals surface area contributed by atoms with Gasteiger partial charge in [0.05, 0.1) is 6.54 Å². The minimum atomic E-state index is 0.117. The molecule has 3 nitrogen and oxygen atoms in total. The lowest BCUT2D eigenvalue weighted by atomic mass is 10.0. The molecule has 0 aromatic heterocycles. The molecule has 0 saturated heterocycles. The summed E-state index contributed by atoms with van der Waals surface area (Å²) in [5, 5.41) is 6.36. The van der Waals surface area contributed by atoms with Crippen LogP contribution in [0.2, 0.25) is 0 Å². The van der Waals surface area contributed by atoms with Crippen LogP contribution in [-0.4, -0.2) is 24.5 Å². The van der Waals surface area contributed by atoms with Gasteiger partial charge in [0.1, 0.15) is 0 Å². The second kappa shape index (κ2) is 12.5. The molecule has 19 heavy (non-hydrogen) atoms. The zero-order valence-electron chi connectivity index (χ0n) is 13.4. The fourth-order valence-corrected chi connectivity index (χ4v) is 2.24. The second-order valence-electron chi connectivity index (χ2n) is 5.79. The molecule has 0 aliphatic rings. The molecule has 0 rings (SSSR count). The maximum atomic E-state index is 11.6. The summed E-state index contributed by atoms with van der Waals surface area (Å²) in [4.78, 5) is 11.6. The van der Waals surface area contributed by atoms with Crippen LogP contribution >= 0.6 is 0 Å². The van der Waals surface area contributed by atoms with Crippen LogP contribution in [0.15, 0.2) is 0 Å². The summed E-state index contributed by atoms with van der Waals surface area (Å²) in [5.41, 5.74) is 0. The first-order valence-corrected chi connectivity index (χ1v) is 8.12. The predicted molar refractivity (Wildman–Crippen MR) is 83.4 cm³/mol. The summed E-state index contributed by atoms with van der Waals surface area (Å²) in [6, 6.07) is 0.740. The lowest BCUT2D eigenvalue weighted by molar-refractivity contribution is -0.120. The minimum Gasteiger partial charge on any atom is -0.353 e. The Bertz CT molecular complexity index is 207. The van der Waals surface area contributed by atoms with E-state index in [0.29, 0.717) is 12.6 Å². The van der Waals surface area contributed by atoms with Crippen molar-refractivity contribution in [3.05, 3.63) is 0 Å². The molecule has 0 unspecified atom stereocenters. The number of carbonyl (C=O) groups excluding carboxylic acids is 1. The highest BCUT2D eigenvalue weighted by Gasteiger charge is 2.10. The van der Waals surface area contributed by atoms with Gasteiger partial charge in [-0.1, -0.05) is 52.4 Å². The van der Waals surface area contributed by atoms with E-state index in [0.717, 1.165) is 0 Å². The Morgan fingerprint density at radius 1 is 0.947 bits per heavy atom. The van der Waals surface area contributed by atoms with Crippen molar-refractivity contribution in [2.24, 2.45) is 0 Å². The third-order valence-corrected chi connectivity index (χ3v) is 3.31. The van der Waals surface area contributed by atoms with Crippen molar-refractivity contribution in [2.45, 2.75) is 91.1 Å². The van der Waals surface area contributed by atoms with Gasteiger partial charge in [-0.3, -0.25) is 4.79 Å². The van der Waals surface area contributed by atoms with Gasteiger partial charge in [-0.15, -0.1) is 0 Å². The van der Waals surface area contributed by atoms with E-state index in [1.165, 1.54) is 51.4 Å². The Morgan fingerprint density at radius 2 is 1.47 bits per heavy atom. The van der Waals surface area contributed by atoms with Crippen molar-refractivity contribution in [3.63, 3.8) is 0 Å². The van der Waals surface area contributed by atoms with Crippen LogP contribution in [0.3, 0.4) is 0 Å². The van der Waals surface area contributed by atoms with E-state index in [2.05, 4.69) is 24.5 Å². The number of hydrogen-bond donors (Lipinski definition) is 2. The summed E-state index contributed by atoms with van der Waals surface area (Å²) < 4.78 is 0. The lowest BCUT2D eigenvalue weighted by Crippen LogP contribution is -2.41. The van der Waals surface area contributed by atoms with E-state index >= 15 is 0 Å². The Morgan fingerprint density at radius 3 is 1.89 bits per heavy atom. The topological polar surface area (TPSA) is 41.1 Å². The molecule has 3 heteroatoms. The van der Waals surface area contributed by atoms with Crippen LogP contribution in [0.25, 0.3) is 0 Å². The highest BCUT2D eigenvalue weighted by molar-refractivity contribution is 5.78. The smallest absolute Gasteiger partial charge is 0.234 e. The molecule has 0 aromatic rings. The number of unbranched alkanes of at least 4 members (excludes halogenated alkanes) is 4. The normalized spacial score (nSPS) is 11.3. The molecule has 0 heterocycles. The summed E-state index contributed by atoms with van der Waals surface area (Å²) in [6.45, 7) is 8.92. The predicted octanol–water partition coefficient (Wildman–Crippen LogP) is 3.63. The van der Waals surface area contributed by atoms with Crippen LogP contribution in [0.5, 0.6) is 0 Å². The van der Waals surface area contributed by atoms with E-state index in [-0.39, 0.29) is 11.9 Å². The van der Waals surface area contributed by atoms with E-state index in [4.69, 9.17) is 0 Å². The van der Waals surface area contributed by atoms with Crippen LogP contribution < -0.4 is 10.6 Å². The lowest BCUT2D eigenvalue weighted by Gasteiger charge is -2.19. The molecule has 114 valence electrons. The van der Waals surface area contributed by atoms with Crippen molar-refractivity contribution < 1.29 is 4.79 Å². The monoisotopic (exact) mass is 270 g/mol. The van der Waals surface area contributed by atoms with Gasteiger partial charge in [0.2, 0.25) is 5.91 Å². The Balaban J connectivity index is 3.91. The van der Waals surface area contributed by atoms with Gasteiger partial charge in [-0.2, -0.15) is 0 Å². The van der Waals surface area contributed by atoms with Crippen LogP contribution in [0, 0.1) is 0 Å². The fraction of sp³-hybridized carbons (Fsp3) is 0.938. The van der Waals surface area contributed by atoms with Gasteiger partial charge < -0.3 is 10.6 Å². The molecule has 0 fully saturated rings. The molecule has 0 bridgehead atoms. The maximum absolute atomic E-state index is 11.6. The summed E-state index contributed by atoms with van der Waals surface area (Å²) in [5.74, 6) is 0.117. The second-order valence-corrected chi connectivity index (χ2v) is 5.79. The minimum absolute atomic E-state index is 0.117. The van der Waals surface area contributed by atoms with Gasteiger partial charge in [-0.25, -0.2) is 0 Å². The Kier molecular flexibility index (Phi) is 12.1. The van der Waals surface area contributed by atoms with Gasteiger partial charge in [-0.05, 0) is 26.7 Å². The number of hydrogen-bond acceptors (Lipinski definition) is 2. The molecular formula is C16H34N2O. The van der Waals surface area contributed by atoms with E-state index in [9.17, 15) is 4.79 Å². The third-order valence-electron chi connectivity index (χ3n) is 3.31. The van der Waals surface area contributed by atoms with Crippen molar-refractivity contribution in [2.75, 3.05) is 6.54 Å².